The van der Waals surface area contributed by atoms with E-state index in [9.17, 15) is 0 Å². The third kappa shape index (κ3) is 3.45. The summed E-state index contributed by atoms with van der Waals surface area (Å²) in [4.78, 5) is 11.2. The van der Waals surface area contributed by atoms with Crippen LogP contribution in [0.1, 0.15) is 37.3 Å². The zero-order valence-corrected chi connectivity index (χ0v) is 16.3. The van der Waals surface area contributed by atoms with Crippen LogP contribution in [0, 0.1) is 5.92 Å². The van der Waals surface area contributed by atoms with Gasteiger partial charge in [-0.05, 0) is 54.5 Å². The lowest BCUT2D eigenvalue weighted by Crippen LogP contribution is -2.33. The summed E-state index contributed by atoms with van der Waals surface area (Å²) in [6, 6.07) is 14.4. The maximum Gasteiger partial charge on any atom is 0.170 e. The van der Waals surface area contributed by atoms with Crippen molar-refractivity contribution in [3.8, 4) is 5.69 Å². The molecule has 3 aromatic rings. The molecule has 138 valence electrons. The normalized spacial score (nSPS) is 19.5. The van der Waals surface area contributed by atoms with Crippen LogP contribution in [0.4, 0.5) is 0 Å². The summed E-state index contributed by atoms with van der Waals surface area (Å²) in [5.74, 6) is 0.497. The lowest BCUT2D eigenvalue weighted by Gasteiger charge is -2.30. The van der Waals surface area contributed by atoms with Crippen LogP contribution in [0.2, 0.25) is 0 Å². The Morgan fingerprint density at radius 3 is 2.70 bits per heavy atom. The molecule has 0 saturated carbocycles. The number of thiocarbonyl (C=S) groups is 1. The number of rotatable bonds is 5. The molecule has 4 rings (SSSR count). The second-order valence-electron chi connectivity index (χ2n) is 7.19. The number of pyridine rings is 2. The molecule has 1 N–H and O–H groups in total. The van der Waals surface area contributed by atoms with Gasteiger partial charge in [-0.25, -0.2) is 0 Å². The molecule has 0 spiro atoms. The molecular weight excluding hydrogens is 354 g/mol. The number of hydrogen-bond acceptors (Lipinski definition) is 3. The minimum absolute atomic E-state index is 0.00257. The van der Waals surface area contributed by atoms with Crippen molar-refractivity contribution in [2.24, 2.45) is 5.92 Å². The van der Waals surface area contributed by atoms with Crippen molar-refractivity contribution in [2.45, 2.75) is 25.9 Å². The second-order valence-corrected chi connectivity index (χ2v) is 7.57. The van der Waals surface area contributed by atoms with E-state index in [0.29, 0.717) is 5.92 Å². The Bertz CT molecular complexity index is 907. The number of aromatic nitrogens is 3. The van der Waals surface area contributed by atoms with E-state index in [2.05, 4.69) is 69.1 Å². The maximum atomic E-state index is 5.71. The van der Waals surface area contributed by atoms with Crippen molar-refractivity contribution in [3.05, 3.63) is 78.6 Å². The Morgan fingerprint density at radius 1 is 1.11 bits per heavy atom. The molecule has 4 heterocycles. The fraction of sp³-hybridized carbons (Fsp3) is 0.286. The Balaban J connectivity index is 1.81. The van der Waals surface area contributed by atoms with Gasteiger partial charge in [0.2, 0.25) is 0 Å². The molecule has 1 aliphatic heterocycles. The lowest BCUT2D eigenvalue weighted by atomic mass is 10.0. The molecule has 2 atom stereocenters. The van der Waals surface area contributed by atoms with E-state index in [1.54, 1.807) is 6.20 Å². The summed E-state index contributed by atoms with van der Waals surface area (Å²) in [5, 5.41) is 4.29. The van der Waals surface area contributed by atoms with Gasteiger partial charge in [0.15, 0.2) is 5.11 Å². The average Bonchev–Trinajstić information content (AvgIpc) is 3.28. The van der Waals surface area contributed by atoms with Crippen LogP contribution in [0.25, 0.3) is 5.69 Å². The van der Waals surface area contributed by atoms with Crippen LogP contribution < -0.4 is 5.32 Å². The zero-order chi connectivity index (χ0) is 18.8. The molecule has 3 aromatic heterocycles. The average molecular weight is 378 g/mol. The molecule has 0 amide bonds. The number of hydrogen-bond donors (Lipinski definition) is 1. The number of nitrogens with zero attached hydrogens (tertiary/aromatic N) is 4. The largest absolute Gasteiger partial charge is 0.352 e. The van der Waals surface area contributed by atoms with Crippen molar-refractivity contribution >= 4 is 17.3 Å². The van der Waals surface area contributed by atoms with E-state index in [1.807, 2.05) is 30.6 Å². The topological polar surface area (TPSA) is 46.0 Å². The molecule has 0 bridgehead atoms. The Hall–Kier alpha value is -2.73. The van der Waals surface area contributed by atoms with Crippen LogP contribution in [-0.2, 0) is 0 Å². The van der Waals surface area contributed by atoms with Crippen molar-refractivity contribution in [1.82, 2.24) is 24.8 Å². The lowest BCUT2D eigenvalue weighted by molar-refractivity contribution is 0.280. The summed E-state index contributed by atoms with van der Waals surface area (Å²) >= 11 is 5.71. The highest BCUT2D eigenvalue weighted by atomic mass is 32.1. The van der Waals surface area contributed by atoms with Gasteiger partial charge in [-0.1, -0.05) is 19.9 Å². The second kappa shape index (κ2) is 7.48. The van der Waals surface area contributed by atoms with Gasteiger partial charge < -0.3 is 14.8 Å². The molecule has 1 saturated heterocycles. The highest BCUT2D eigenvalue weighted by molar-refractivity contribution is 7.80. The molecule has 27 heavy (non-hydrogen) atoms. The summed E-state index contributed by atoms with van der Waals surface area (Å²) in [5.41, 5.74) is 3.21. The van der Waals surface area contributed by atoms with Gasteiger partial charge in [0.05, 0.1) is 29.7 Å². The summed E-state index contributed by atoms with van der Waals surface area (Å²) in [6.45, 7) is 5.32. The highest BCUT2D eigenvalue weighted by Crippen LogP contribution is 2.39. The molecule has 1 aliphatic rings. The smallest absolute Gasteiger partial charge is 0.170 e. The van der Waals surface area contributed by atoms with Crippen molar-refractivity contribution < 1.29 is 0 Å². The molecule has 6 heteroatoms. The standard InChI is InChI=1S/C21H23N5S/c1-15(2)14-26-20(19(24-21(26)27)17-8-3-4-11-23-17)18-9-6-12-25(18)16-7-5-10-22-13-16/h3-13,15,19-20H,14H2,1-2H3,(H,24,27)/t19-,20+/m0/s1. The van der Waals surface area contributed by atoms with Crippen molar-refractivity contribution in [3.63, 3.8) is 0 Å². The van der Waals surface area contributed by atoms with Gasteiger partial charge in [-0.15, -0.1) is 0 Å². The van der Waals surface area contributed by atoms with Crippen LogP contribution in [-0.4, -0.2) is 31.1 Å². The van der Waals surface area contributed by atoms with Crippen LogP contribution in [0.15, 0.2) is 67.3 Å². The Morgan fingerprint density at radius 2 is 2.00 bits per heavy atom. The first-order valence-electron chi connectivity index (χ1n) is 9.21. The SMILES string of the molecule is CC(C)CN1C(=S)N[C@@H](c2ccccn2)[C@H]1c1cccn1-c1cccnc1. The van der Waals surface area contributed by atoms with E-state index < -0.39 is 0 Å². The number of nitrogens with one attached hydrogen (secondary N) is 1. The van der Waals surface area contributed by atoms with Gasteiger partial charge in [0, 0.05) is 30.8 Å². The zero-order valence-electron chi connectivity index (χ0n) is 15.5. The monoisotopic (exact) mass is 377 g/mol. The highest BCUT2D eigenvalue weighted by Gasteiger charge is 2.41. The predicted octanol–water partition coefficient (Wildman–Crippen LogP) is 3.90. The van der Waals surface area contributed by atoms with Crippen LogP contribution >= 0.6 is 12.2 Å². The Labute approximate surface area is 165 Å². The fourth-order valence-corrected chi connectivity index (χ4v) is 4.00. The van der Waals surface area contributed by atoms with Gasteiger partial charge >= 0.3 is 0 Å². The van der Waals surface area contributed by atoms with E-state index in [1.165, 1.54) is 5.69 Å². The van der Waals surface area contributed by atoms with Crippen molar-refractivity contribution in [1.29, 1.82) is 0 Å². The third-order valence-electron chi connectivity index (χ3n) is 4.77. The van der Waals surface area contributed by atoms with E-state index in [-0.39, 0.29) is 12.1 Å². The third-order valence-corrected chi connectivity index (χ3v) is 5.12. The first-order valence-corrected chi connectivity index (χ1v) is 9.61. The molecular formula is C21H23N5S. The van der Waals surface area contributed by atoms with Gasteiger partial charge in [0.1, 0.15) is 0 Å². The molecule has 0 aliphatic carbocycles. The van der Waals surface area contributed by atoms with E-state index in [4.69, 9.17) is 12.2 Å². The Kier molecular flexibility index (Phi) is 4.90. The summed E-state index contributed by atoms with van der Waals surface area (Å²) in [7, 11) is 0. The predicted molar refractivity (Wildman–Crippen MR) is 111 cm³/mol. The fourth-order valence-electron chi connectivity index (χ4n) is 3.68. The maximum absolute atomic E-state index is 5.71. The minimum atomic E-state index is 0.00257. The van der Waals surface area contributed by atoms with Gasteiger partial charge in [0.25, 0.3) is 0 Å². The van der Waals surface area contributed by atoms with Crippen LogP contribution in [0.5, 0.6) is 0 Å². The minimum Gasteiger partial charge on any atom is -0.352 e. The molecule has 0 radical (unpaired) electrons. The molecule has 0 unspecified atom stereocenters. The first kappa shape index (κ1) is 17.7. The van der Waals surface area contributed by atoms with Gasteiger partial charge in [-0.3, -0.25) is 9.97 Å². The summed E-state index contributed by atoms with van der Waals surface area (Å²) < 4.78 is 2.19. The first-order chi connectivity index (χ1) is 13.1. The van der Waals surface area contributed by atoms with Crippen LogP contribution in [0.3, 0.4) is 0 Å². The molecule has 1 fully saturated rings. The van der Waals surface area contributed by atoms with Gasteiger partial charge in [-0.2, -0.15) is 0 Å². The van der Waals surface area contributed by atoms with E-state index in [0.717, 1.165) is 23.0 Å². The van der Waals surface area contributed by atoms with Crippen molar-refractivity contribution in [2.75, 3.05) is 6.54 Å². The molecule has 5 nitrogen and oxygen atoms in total. The molecule has 0 aromatic carbocycles. The quantitative estimate of drug-likeness (QED) is 0.684. The summed E-state index contributed by atoms with van der Waals surface area (Å²) in [6.07, 6.45) is 7.59. The van der Waals surface area contributed by atoms with E-state index >= 15 is 0 Å².